The van der Waals surface area contributed by atoms with Crippen LogP contribution in [0.1, 0.15) is 0 Å². The summed E-state index contributed by atoms with van der Waals surface area (Å²) in [5.41, 5.74) is 1.51. The number of ether oxygens (including phenoxy) is 2. The molecule has 0 spiro atoms. The zero-order chi connectivity index (χ0) is 18.1. The van der Waals surface area contributed by atoms with Crippen molar-refractivity contribution in [1.29, 1.82) is 0 Å². The normalized spacial score (nSPS) is 13.4. The van der Waals surface area contributed by atoms with Gasteiger partial charge in [0.25, 0.3) is 10.0 Å². The Bertz CT molecular complexity index is 1050. The van der Waals surface area contributed by atoms with Crippen LogP contribution in [0.5, 0.6) is 11.5 Å². The molecule has 1 aliphatic rings. The smallest absolute Gasteiger partial charge is 0.263 e. The quantitative estimate of drug-likeness (QED) is 0.711. The van der Waals surface area contributed by atoms with E-state index >= 15 is 0 Å². The van der Waals surface area contributed by atoms with Crippen molar-refractivity contribution < 1.29 is 17.9 Å². The maximum atomic E-state index is 12.6. The summed E-state index contributed by atoms with van der Waals surface area (Å²) < 4.78 is 38.5. The van der Waals surface area contributed by atoms with E-state index in [1.54, 1.807) is 24.3 Å². The Balaban J connectivity index is 1.57. The van der Waals surface area contributed by atoms with Gasteiger partial charge in [-0.05, 0) is 29.8 Å². The Kier molecular flexibility index (Phi) is 4.21. The molecule has 134 valence electrons. The minimum Gasteiger partial charge on any atom is -0.486 e. The van der Waals surface area contributed by atoms with Crippen LogP contribution in [0.2, 0.25) is 5.02 Å². The fourth-order valence-corrected chi connectivity index (χ4v) is 3.67. The van der Waals surface area contributed by atoms with E-state index in [1.807, 2.05) is 12.1 Å². The molecule has 2 aromatic carbocycles. The third-order valence-corrected chi connectivity index (χ3v) is 5.40. The Morgan fingerprint density at radius 3 is 2.50 bits per heavy atom. The molecule has 0 atom stereocenters. The van der Waals surface area contributed by atoms with E-state index in [9.17, 15) is 8.42 Å². The number of hydrogen-bond acceptors (Lipinski definition) is 5. The Morgan fingerprint density at radius 1 is 1.00 bits per heavy atom. The summed E-state index contributed by atoms with van der Waals surface area (Å²) in [5.74, 6) is 1.12. The van der Waals surface area contributed by atoms with E-state index in [-0.39, 0.29) is 10.7 Å². The number of anilines is 1. The van der Waals surface area contributed by atoms with Crippen LogP contribution in [-0.4, -0.2) is 31.8 Å². The van der Waals surface area contributed by atoms with Gasteiger partial charge in [-0.2, -0.15) is 5.10 Å². The number of fused-ring (bicyclic) bond motifs is 1. The van der Waals surface area contributed by atoms with Gasteiger partial charge in [0, 0.05) is 17.2 Å². The fraction of sp³-hybridized carbons (Fsp3) is 0.118. The number of aromatic nitrogens is 2. The summed E-state index contributed by atoms with van der Waals surface area (Å²) in [6, 6.07) is 13.2. The average molecular weight is 392 g/mol. The molecule has 0 unspecified atom stereocenters. The van der Waals surface area contributed by atoms with Crippen LogP contribution < -0.4 is 14.2 Å². The highest BCUT2D eigenvalue weighted by atomic mass is 35.5. The molecule has 1 aromatic heterocycles. The molecule has 4 rings (SSSR count). The summed E-state index contributed by atoms with van der Waals surface area (Å²) in [4.78, 5) is 0.0674. The van der Waals surface area contributed by atoms with Crippen LogP contribution in [-0.2, 0) is 10.0 Å². The van der Waals surface area contributed by atoms with Crippen molar-refractivity contribution in [2.24, 2.45) is 0 Å². The fourth-order valence-electron chi connectivity index (χ4n) is 2.54. The van der Waals surface area contributed by atoms with Crippen LogP contribution in [0.15, 0.2) is 53.4 Å². The molecule has 0 radical (unpaired) electrons. The molecular formula is C17H14ClN3O4S. The molecule has 0 amide bonds. The lowest BCUT2D eigenvalue weighted by molar-refractivity contribution is 0.171. The Labute approximate surface area is 155 Å². The van der Waals surface area contributed by atoms with Crippen molar-refractivity contribution >= 4 is 27.4 Å². The zero-order valence-electron chi connectivity index (χ0n) is 13.4. The summed E-state index contributed by atoms with van der Waals surface area (Å²) in [7, 11) is -3.81. The van der Waals surface area contributed by atoms with Gasteiger partial charge < -0.3 is 9.47 Å². The van der Waals surface area contributed by atoms with Gasteiger partial charge in [-0.1, -0.05) is 23.7 Å². The molecule has 1 aliphatic heterocycles. The highest BCUT2D eigenvalue weighted by molar-refractivity contribution is 7.92. The van der Waals surface area contributed by atoms with Gasteiger partial charge in [-0.25, -0.2) is 8.42 Å². The van der Waals surface area contributed by atoms with Gasteiger partial charge in [0.1, 0.15) is 13.2 Å². The van der Waals surface area contributed by atoms with E-state index in [2.05, 4.69) is 14.9 Å². The number of nitrogens with one attached hydrogen (secondary N) is 2. The topological polar surface area (TPSA) is 93.3 Å². The van der Waals surface area contributed by atoms with E-state index < -0.39 is 10.0 Å². The van der Waals surface area contributed by atoms with Gasteiger partial charge >= 0.3 is 0 Å². The average Bonchev–Trinajstić information content (AvgIpc) is 3.09. The van der Waals surface area contributed by atoms with Crippen molar-refractivity contribution in [3.63, 3.8) is 0 Å². The molecule has 2 N–H and O–H groups in total. The maximum absolute atomic E-state index is 12.6. The van der Waals surface area contributed by atoms with Crippen LogP contribution in [0, 0.1) is 0 Å². The third-order valence-electron chi connectivity index (χ3n) is 3.80. The second kappa shape index (κ2) is 6.54. The third kappa shape index (κ3) is 3.33. The van der Waals surface area contributed by atoms with Crippen molar-refractivity contribution in [3.8, 4) is 22.8 Å². The van der Waals surface area contributed by atoms with Gasteiger partial charge in [0.05, 0.1) is 10.6 Å². The van der Waals surface area contributed by atoms with Gasteiger partial charge in [-0.15, -0.1) is 0 Å². The predicted molar refractivity (Wildman–Crippen MR) is 97.3 cm³/mol. The molecular weight excluding hydrogens is 378 g/mol. The standard InChI is InChI=1S/C17H14ClN3O4S/c18-12-3-1-11(2-4-12)14-10-17(20-19-14)21-26(22,23)13-5-6-15-16(9-13)25-8-7-24-15/h1-6,9-10H,7-8H2,(H2,19,20,21). The molecule has 7 nitrogen and oxygen atoms in total. The second-order valence-corrected chi connectivity index (χ2v) is 7.70. The first-order chi connectivity index (χ1) is 12.5. The number of H-pyrrole nitrogens is 1. The van der Waals surface area contributed by atoms with E-state index in [1.165, 1.54) is 12.1 Å². The number of hydrogen-bond donors (Lipinski definition) is 2. The Hall–Kier alpha value is -2.71. The van der Waals surface area contributed by atoms with Crippen LogP contribution in [0.25, 0.3) is 11.3 Å². The summed E-state index contributed by atoms with van der Waals surface area (Å²) in [5, 5.41) is 7.43. The van der Waals surface area contributed by atoms with Gasteiger partial charge in [0.2, 0.25) is 0 Å². The molecule has 26 heavy (non-hydrogen) atoms. The minimum atomic E-state index is -3.81. The molecule has 2 heterocycles. The largest absolute Gasteiger partial charge is 0.486 e. The molecule has 0 fully saturated rings. The maximum Gasteiger partial charge on any atom is 0.263 e. The monoisotopic (exact) mass is 391 g/mol. The number of rotatable bonds is 4. The highest BCUT2D eigenvalue weighted by Crippen LogP contribution is 2.32. The van der Waals surface area contributed by atoms with Crippen LogP contribution >= 0.6 is 11.6 Å². The lowest BCUT2D eigenvalue weighted by Crippen LogP contribution is -2.17. The van der Waals surface area contributed by atoms with Crippen molar-refractivity contribution in [1.82, 2.24) is 10.2 Å². The first-order valence-corrected chi connectivity index (χ1v) is 9.61. The Morgan fingerprint density at radius 2 is 1.73 bits per heavy atom. The number of nitrogens with zero attached hydrogens (tertiary/aromatic N) is 1. The predicted octanol–water partition coefficient (Wildman–Crippen LogP) is 3.30. The van der Waals surface area contributed by atoms with Crippen molar-refractivity contribution in [3.05, 3.63) is 53.6 Å². The summed E-state index contributed by atoms with van der Waals surface area (Å²) in [6.07, 6.45) is 0. The highest BCUT2D eigenvalue weighted by Gasteiger charge is 2.20. The lowest BCUT2D eigenvalue weighted by atomic mass is 10.1. The molecule has 3 aromatic rings. The van der Waals surface area contributed by atoms with Crippen molar-refractivity contribution in [2.75, 3.05) is 17.9 Å². The lowest BCUT2D eigenvalue weighted by Gasteiger charge is -2.18. The summed E-state index contributed by atoms with van der Waals surface area (Å²) in [6.45, 7) is 0.825. The van der Waals surface area contributed by atoms with Gasteiger partial charge in [0.15, 0.2) is 17.3 Å². The molecule has 0 saturated carbocycles. The van der Waals surface area contributed by atoms with Crippen LogP contribution in [0.4, 0.5) is 5.82 Å². The summed E-state index contributed by atoms with van der Waals surface area (Å²) >= 11 is 5.87. The number of benzene rings is 2. The van der Waals surface area contributed by atoms with E-state index in [4.69, 9.17) is 21.1 Å². The van der Waals surface area contributed by atoms with Crippen LogP contribution in [0.3, 0.4) is 0 Å². The SMILES string of the molecule is O=S(=O)(Nc1cc(-c2ccc(Cl)cc2)[nH]n1)c1ccc2c(c1)OCCO2. The number of halogens is 1. The first-order valence-electron chi connectivity index (χ1n) is 7.75. The minimum absolute atomic E-state index is 0.0674. The van der Waals surface area contributed by atoms with E-state index in [0.29, 0.717) is 35.4 Å². The molecule has 9 heteroatoms. The second-order valence-electron chi connectivity index (χ2n) is 5.58. The van der Waals surface area contributed by atoms with E-state index in [0.717, 1.165) is 5.56 Å². The molecule has 0 aliphatic carbocycles. The van der Waals surface area contributed by atoms with Gasteiger partial charge in [-0.3, -0.25) is 9.82 Å². The number of aromatic amines is 1. The van der Waals surface area contributed by atoms with Crippen molar-refractivity contribution in [2.45, 2.75) is 4.90 Å². The number of sulfonamides is 1. The zero-order valence-corrected chi connectivity index (χ0v) is 15.0. The molecule has 0 saturated heterocycles. The first kappa shape index (κ1) is 16.7. The molecule has 0 bridgehead atoms.